The van der Waals surface area contributed by atoms with Crippen LogP contribution < -0.4 is 4.90 Å². The highest BCUT2D eigenvalue weighted by Crippen LogP contribution is 2.25. The zero-order valence-electron chi connectivity index (χ0n) is 9.26. The molecule has 1 aromatic carbocycles. The Morgan fingerprint density at radius 1 is 1.18 bits per heavy atom. The molecule has 0 N–H and O–H groups in total. The van der Waals surface area contributed by atoms with Gasteiger partial charge in [-0.2, -0.15) is 5.26 Å². The third-order valence-electron chi connectivity index (χ3n) is 2.43. The van der Waals surface area contributed by atoms with Gasteiger partial charge in [0, 0.05) is 7.05 Å². The van der Waals surface area contributed by atoms with Crippen molar-refractivity contribution in [3.8, 4) is 6.07 Å². The average Bonchev–Trinajstić information content (AvgIpc) is 2.38. The van der Waals surface area contributed by atoms with Crippen LogP contribution in [0.1, 0.15) is 5.56 Å². The van der Waals surface area contributed by atoms with Crippen LogP contribution in [0.2, 0.25) is 5.15 Å². The molecule has 0 radical (unpaired) electrons. The van der Waals surface area contributed by atoms with Crippen LogP contribution >= 0.6 is 11.6 Å². The van der Waals surface area contributed by atoms with Crippen molar-refractivity contribution in [1.29, 1.82) is 5.26 Å². The van der Waals surface area contributed by atoms with Gasteiger partial charge in [-0.25, -0.2) is 4.98 Å². The molecule has 17 heavy (non-hydrogen) atoms. The van der Waals surface area contributed by atoms with Gasteiger partial charge in [0.1, 0.15) is 17.0 Å². The lowest BCUT2D eigenvalue weighted by Crippen LogP contribution is -2.12. The van der Waals surface area contributed by atoms with E-state index in [2.05, 4.69) is 11.1 Å². The van der Waals surface area contributed by atoms with Crippen LogP contribution in [-0.4, -0.2) is 12.0 Å². The molecule has 2 rings (SSSR count). The van der Waals surface area contributed by atoms with Crippen LogP contribution in [0, 0.1) is 11.3 Å². The molecule has 1 aromatic heterocycles. The van der Waals surface area contributed by atoms with Gasteiger partial charge in [-0.1, -0.05) is 29.8 Å². The molecule has 0 saturated carbocycles. The molecule has 0 unspecified atom stereocenters. The standard InChI is InChI=1S/C13H10ClN3/c1-17(13-8-4-7-12(14)16-13)11-6-3-2-5-10(11)9-15/h2-8H,1H3. The van der Waals surface area contributed by atoms with E-state index in [1.54, 1.807) is 12.1 Å². The average molecular weight is 244 g/mol. The molecule has 0 atom stereocenters. The van der Waals surface area contributed by atoms with Crippen molar-refractivity contribution in [2.24, 2.45) is 0 Å². The van der Waals surface area contributed by atoms with E-state index in [4.69, 9.17) is 16.9 Å². The Bertz CT molecular complexity index is 575. The highest BCUT2D eigenvalue weighted by molar-refractivity contribution is 6.29. The van der Waals surface area contributed by atoms with Gasteiger partial charge >= 0.3 is 0 Å². The summed E-state index contributed by atoms with van der Waals surface area (Å²) in [6.07, 6.45) is 0. The van der Waals surface area contributed by atoms with Crippen LogP contribution in [0.25, 0.3) is 0 Å². The maximum absolute atomic E-state index is 9.05. The van der Waals surface area contributed by atoms with Gasteiger partial charge in [0.15, 0.2) is 0 Å². The highest BCUT2D eigenvalue weighted by atomic mass is 35.5. The van der Waals surface area contributed by atoms with Gasteiger partial charge in [-0.15, -0.1) is 0 Å². The van der Waals surface area contributed by atoms with Crippen molar-refractivity contribution in [1.82, 2.24) is 4.98 Å². The topological polar surface area (TPSA) is 39.9 Å². The minimum absolute atomic E-state index is 0.434. The Morgan fingerprint density at radius 3 is 2.65 bits per heavy atom. The lowest BCUT2D eigenvalue weighted by atomic mass is 10.2. The molecule has 0 saturated heterocycles. The molecule has 0 amide bonds. The molecule has 0 bridgehead atoms. The fraction of sp³-hybridized carbons (Fsp3) is 0.0769. The van der Waals surface area contributed by atoms with Crippen molar-refractivity contribution in [3.05, 3.63) is 53.2 Å². The zero-order chi connectivity index (χ0) is 12.3. The van der Waals surface area contributed by atoms with Gasteiger partial charge < -0.3 is 4.90 Å². The third kappa shape index (κ3) is 2.38. The van der Waals surface area contributed by atoms with Crippen molar-refractivity contribution < 1.29 is 0 Å². The number of pyridine rings is 1. The second-order valence-corrected chi connectivity index (χ2v) is 3.89. The number of rotatable bonds is 2. The molecule has 0 spiro atoms. The van der Waals surface area contributed by atoms with Crippen molar-refractivity contribution >= 4 is 23.1 Å². The Kier molecular flexibility index (Phi) is 3.27. The molecule has 84 valence electrons. The minimum atomic E-state index is 0.434. The fourth-order valence-corrected chi connectivity index (χ4v) is 1.73. The van der Waals surface area contributed by atoms with E-state index in [1.807, 2.05) is 42.3 Å². The van der Waals surface area contributed by atoms with Crippen molar-refractivity contribution in [2.75, 3.05) is 11.9 Å². The summed E-state index contributed by atoms with van der Waals surface area (Å²) in [6, 6.07) is 14.9. The van der Waals surface area contributed by atoms with Gasteiger partial charge in [0.05, 0.1) is 11.3 Å². The maximum atomic E-state index is 9.05. The second-order valence-electron chi connectivity index (χ2n) is 3.51. The Morgan fingerprint density at radius 2 is 1.94 bits per heavy atom. The number of para-hydroxylation sites is 1. The molecule has 1 heterocycles. The molecular formula is C13H10ClN3. The molecule has 0 aliphatic carbocycles. The number of anilines is 2. The van der Waals surface area contributed by atoms with Gasteiger partial charge in [-0.3, -0.25) is 0 Å². The molecule has 0 fully saturated rings. The van der Waals surface area contributed by atoms with Gasteiger partial charge in [0.2, 0.25) is 0 Å². The molecule has 3 nitrogen and oxygen atoms in total. The summed E-state index contributed by atoms with van der Waals surface area (Å²) in [5.41, 5.74) is 1.42. The first kappa shape index (κ1) is 11.4. The first-order valence-corrected chi connectivity index (χ1v) is 5.45. The van der Waals surface area contributed by atoms with E-state index in [9.17, 15) is 0 Å². The first-order chi connectivity index (χ1) is 8.22. The van der Waals surface area contributed by atoms with Gasteiger partial charge in [-0.05, 0) is 24.3 Å². The van der Waals surface area contributed by atoms with E-state index in [0.29, 0.717) is 16.5 Å². The summed E-state index contributed by atoms with van der Waals surface area (Å²) in [7, 11) is 1.86. The van der Waals surface area contributed by atoms with Crippen LogP contribution in [0.5, 0.6) is 0 Å². The molecule has 4 heteroatoms. The number of hydrogen-bond acceptors (Lipinski definition) is 3. The molecule has 0 aliphatic rings. The summed E-state index contributed by atoms with van der Waals surface area (Å²) in [4.78, 5) is 6.04. The van der Waals surface area contributed by atoms with Crippen LogP contribution in [0.3, 0.4) is 0 Å². The Hall–Kier alpha value is -2.05. The molecule has 2 aromatic rings. The van der Waals surface area contributed by atoms with E-state index >= 15 is 0 Å². The highest BCUT2D eigenvalue weighted by Gasteiger charge is 2.09. The van der Waals surface area contributed by atoms with E-state index in [0.717, 1.165) is 5.69 Å². The quantitative estimate of drug-likeness (QED) is 0.760. The minimum Gasteiger partial charge on any atom is -0.328 e. The lowest BCUT2D eigenvalue weighted by Gasteiger charge is -2.19. The van der Waals surface area contributed by atoms with E-state index < -0.39 is 0 Å². The number of hydrogen-bond donors (Lipinski definition) is 0. The SMILES string of the molecule is CN(c1cccc(Cl)n1)c1ccccc1C#N. The summed E-state index contributed by atoms with van der Waals surface area (Å²) in [5.74, 6) is 0.709. The largest absolute Gasteiger partial charge is 0.328 e. The lowest BCUT2D eigenvalue weighted by molar-refractivity contribution is 1.12. The zero-order valence-corrected chi connectivity index (χ0v) is 10.0. The first-order valence-electron chi connectivity index (χ1n) is 5.08. The number of nitriles is 1. The third-order valence-corrected chi connectivity index (χ3v) is 2.64. The number of benzene rings is 1. The fourth-order valence-electron chi connectivity index (χ4n) is 1.57. The normalized spacial score (nSPS) is 9.71. The van der Waals surface area contributed by atoms with Crippen LogP contribution in [0.15, 0.2) is 42.5 Å². The van der Waals surface area contributed by atoms with Crippen molar-refractivity contribution in [2.45, 2.75) is 0 Å². The summed E-state index contributed by atoms with van der Waals surface area (Å²) in [5, 5.41) is 9.48. The van der Waals surface area contributed by atoms with Crippen LogP contribution in [0.4, 0.5) is 11.5 Å². The predicted octanol–water partition coefficient (Wildman–Crippen LogP) is 3.37. The Labute approximate surface area is 105 Å². The molecular weight excluding hydrogens is 234 g/mol. The second kappa shape index (κ2) is 4.86. The summed E-state index contributed by atoms with van der Waals surface area (Å²) in [6.45, 7) is 0. The van der Waals surface area contributed by atoms with E-state index in [1.165, 1.54) is 0 Å². The number of nitrogens with zero attached hydrogens (tertiary/aromatic N) is 3. The Balaban J connectivity index is 2.44. The smallest absolute Gasteiger partial charge is 0.134 e. The summed E-state index contributed by atoms with van der Waals surface area (Å²) < 4.78 is 0. The van der Waals surface area contributed by atoms with Crippen molar-refractivity contribution in [3.63, 3.8) is 0 Å². The summed E-state index contributed by atoms with van der Waals surface area (Å²) >= 11 is 5.85. The van der Waals surface area contributed by atoms with E-state index in [-0.39, 0.29) is 0 Å². The molecule has 0 aliphatic heterocycles. The number of aromatic nitrogens is 1. The maximum Gasteiger partial charge on any atom is 0.134 e. The number of halogens is 1. The monoisotopic (exact) mass is 243 g/mol. The van der Waals surface area contributed by atoms with Crippen LogP contribution in [-0.2, 0) is 0 Å². The van der Waals surface area contributed by atoms with Gasteiger partial charge in [0.25, 0.3) is 0 Å². The predicted molar refractivity (Wildman–Crippen MR) is 68.5 cm³/mol.